The molecule has 0 amide bonds. The summed E-state index contributed by atoms with van der Waals surface area (Å²) in [4.78, 5) is 0.447. The zero-order valence-electron chi connectivity index (χ0n) is 14.0. The van der Waals surface area contributed by atoms with Gasteiger partial charge in [-0.1, -0.05) is 36.0 Å². The van der Waals surface area contributed by atoms with Gasteiger partial charge in [0, 0.05) is 28.4 Å². The van der Waals surface area contributed by atoms with E-state index < -0.39 is 10.0 Å². The number of benzene rings is 1. The Morgan fingerprint density at radius 3 is 2.50 bits per heavy atom. The fourth-order valence-corrected chi connectivity index (χ4v) is 5.65. The van der Waals surface area contributed by atoms with Gasteiger partial charge in [0.05, 0.1) is 4.91 Å². The van der Waals surface area contributed by atoms with Crippen LogP contribution in [0.15, 0.2) is 40.3 Å². The van der Waals surface area contributed by atoms with Gasteiger partial charge in [0.25, 0.3) is 0 Å². The molecule has 2 aliphatic carbocycles. The SMILES string of the molecule is O=S(=O)(NC1CCC(c2ccc(O)cc2O)CC1)C1=CC(Cl)=CCC1=S. The topological polar surface area (TPSA) is 86.6 Å². The first-order valence-corrected chi connectivity index (χ1v) is 10.7. The van der Waals surface area contributed by atoms with E-state index in [1.807, 2.05) is 0 Å². The van der Waals surface area contributed by atoms with E-state index in [4.69, 9.17) is 23.8 Å². The molecule has 0 aromatic heterocycles. The van der Waals surface area contributed by atoms with Crippen LogP contribution in [0, 0.1) is 0 Å². The molecule has 0 bridgehead atoms. The van der Waals surface area contributed by atoms with Crippen molar-refractivity contribution in [2.24, 2.45) is 0 Å². The molecular weight excluding hydrogens is 394 g/mol. The third-order valence-corrected chi connectivity index (χ3v) is 7.18. The Hall–Kier alpha value is -1.41. The van der Waals surface area contributed by atoms with Gasteiger partial charge in [-0.25, -0.2) is 13.1 Å². The molecule has 0 saturated heterocycles. The van der Waals surface area contributed by atoms with E-state index in [-0.39, 0.29) is 28.4 Å². The lowest BCUT2D eigenvalue weighted by Crippen LogP contribution is -2.39. The number of nitrogens with one attached hydrogen (secondary N) is 1. The van der Waals surface area contributed by atoms with Crippen LogP contribution in [0.1, 0.15) is 43.6 Å². The van der Waals surface area contributed by atoms with E-state index in [9.17, 15) is 18.6 Å². The van der Waals surface area contributed by atoms with Crippen LogP contribution in [-0.2, 0) is 10.0 Å². The molecule has 26 heavy (non-hydrogen) atoms. The number of phenols is 2. The average Bonchev–Trinajstić information content (AvgIpc) is 2.58. The van der Waals surface area contributed by atoms with E-state index in [1.165, 1.54) is 12.1 Å². The van der Waals surface area contributed by atoms with Crippen LogP contribution in [0.4, 0.5) is 0 Å². The number of thiocarbonyl (C=S) groups is 1. The van der Waals surface area contributed by atoms with E-state index in [1.54, 1.807) is 18.2 Å². The molecular formula is C18H20ClNO4S2. The van der Waals surface area contributed by atoms with E-state index >= 15 is 0 Å². The Morgan fingerprint density at radius 1 is 1.15 bits per heavy atom. The highest BCUT2D eigenvalue weighted by atomic mass is 35.5. The van der Waals surface area contributed by atoms with Gasteiger partial charge in [0.15, 0.2) is 0 Å². The van der Waals surface area contributed by atoms with E-state index in [0.717, 1.165) is 18.4 Å². The standard InChI is InChI=1S/C18H20ClNO4S2/c19-12-3-8-17(25)18(9-12)26(23,24)20-13-4-1-11(2-5-13)15-7-6-14(21)10-16(15)22/h3,6-7,9-11,13,20-22H,1-2,4-5,8H2. The summed E-state index contributed by atoms with van der Waals surface area (Å²) in [5.74, 6) is 0.244. The Balaban J connectivity index is 1.65. The van der Waals surface area contributed by atoms with Gasteiger partial charge in [-0.3, -0.25) is 0 Å². The molecule has 0 unspecified atom stereocenters. The van der Waals surface area contributed by atoms with Crippen LogP contribution in [0.25, 0.3) is 0 Å². The number of sulfonamides is 1. The maximum Gasteiger partial charge on any atom is 0.241 e. The number of rotatable bonds is 4. The second-order valence-electron chi connectivity index (χ2n) is 6.64. The predicted molar refractivity (Wildman–Crippen MR) is 106 cm³/mol. The fourth-order valence-electron chi connectivity index (χ4n) is 3.47. The second kappa shape index (κ2) is 7.68. The van der Waals surface area contributed by atoms with Gasteiger partial charge in [0.2, 0.25) is 10.0 Å². The van der Waals surface area contributed by atoms with Crippen LogP contribution in [0.2, 0.25) is 0 Å². The number of allylic oxidation sites excluding steroid dienone is 4. The molecule has 8 heteroatoms. The summed E-state index contributed by atoms with van der Waals surface area (Å²) in [5.41, 5.74) is 0.789. The largest absolute Gasteiger partial charge is 0.508 e. The molecule has 3 N–H and O–H groups in total. The van der Waals surface area contributed by atoms with Gasteiger partial charge in [-0.2, -0.15) is 0 Å². The van der Waals surface area contributed by atoms with Crippen molar-refractivity contribution in [2.45, 2.75) is 44.1 Å². The van der Waals surface area contributed by atoms with Gasteiger partial charge < -0.3 is 10.2 Å². The van der Waals surface area contributed by atoms with Crippen molar-refractivity contribution in [3.8, 4) is 11.5 Å². The molecule has 5 nitrogen and oxygen atoms in total. The number of aromatic hydroxyl groups is 2. The molecule has 0 radical (unpaired) electrons. The first-order valence-electron chi connectivity index (χ1n) is 8.41. The highest BCUT2D eigenvalue weighted by molar-refractivity contribution is 7.96. The van der Waals surface area contributed by atoms with Crippen molar-refractivity contribution in [3.63, 3.8) is 0 Å². The minimum absolute atomic E-state index is 0.0251. The quantitative estimate of drug-likeness (QED) is 0.653. The van der Waals surface area contributed by atoms with Crippen molar-refractivity contribution in [2.75, 3.05) is 0 Å². The Kier molecular flexibility index (Phi) is 5.72. The summed E-state index contributed by atoms with van der Waals surface area (Å²) < 4.78 is 28.0. The maximum absolute atomic E-state index is 12.6. The van der Waals surface area contributed by atoms with Gasteiger partial charge >= 0.3 is 0 Å². The van der Waals surface area contributed by atoms with Crippen molar-refractivity contribution in [1.82, 2.24) is 4.72 Å². The molecule has 0 spiro atoms. The highest BCUT2D eigenvalue weighted by Gasteiger charge is 2.30. The maximum atomic E-state index is 12.6. The van der Waals surface area contributed by atoms with Crippen LogP contribution in [-0.4, -0.2) is 29.5 Å². The minimum atomic E-state index is -3.70. The molecule has 1 fully saturated rings. The third-order valence-electron chi connectivity index (χ3n) is 4.82. The fraction of sp³-hybridized carbons (Fsp3) is 0.389. The van der Waals surface area contributed by atoms with Crippen molar-refractivity contribution in [3.05, 3.63) is 45.9 Å². The first kappa shape index (κ1) is 19.4. The number of phenolic OH excluding ortho intramolecular Hbond substituents is 2. The highest BCUT2D eigenvalue weighted by Crippen LogP contribution is 2.38. The number of hydrogen-bond donors (Lipinski definition) is 3. The molecule has 140 valence electrons. The molecule has 0 heterocycles. The zero-order valence-corrected chi connectivity index (χ0v) is 16.4. The Labute approximate surface area is 163 Å². The summed E-state index contributed by atoms with van der Waals surface area (Å²) >= 11 is 11.1. The van der Waals surface area contributed by atoms with Crippen LogP contribution in [0.5, 0.6) is 11.5 Å². The minimum Gasteiger partial charge on any atom is -0.508 e. The third kappa shape index (κ3) is 4.28. The second-order valence-corrected chi connectivity index (χ2v) is 9.25. The van der Waals surface area contributed by atoms with E-state index in [0.29, 0.717) is 29.2 Å². The Bertz CT molecular complexity index is 884. The number of halogens is 1. The van der Waals surface area contributed by atoms with Crippen LogP contribution >= 0.6 is 23.8 Å². The van der Waals surface area contributed by atoms with Gasteiger partial charge in [0.1, 0.15) is 11.5 Å². The molecule has 0 aliphatic heterocycles. The summed E-state index contributed by atoms with van der Waals surface area (Å²) in [6.07, 6.45) is 6.26. The summed E-state index contributed by atoms with van der Waals surface area (Å²) in [7, 11) is -3.70. The zero-order chi connectivity index (χ0) is 18.9. The van der Waals surface area contributed by atoms with E-state index in [2.05, 4.69) is 4.72 Å². The monoisotopic (exact) mass is 413 g/mol. The lowest BCUT2D eigenvalue weighted by atomic mass is 9.81. The summed E-state index contributed by atoms with van der Waals surface area (Å²) in [6.45, 7) is 0. The van der Waals surface area contributed by atoms with Crippen molar-refractivity contribution >= 4 is 38.7 Å². The summed E-state index contributed by atoms with van der Waals surface area (Å²) in [6, 6.07) is 4.43. The summed E-state index contributed by atoms with van der Waals surface area (Å²) in [5, 5.41) is 19.8. The van der Waals surface area contributed by atoms with Gasteiger partial charge in [-0.15, -0.1) is 0 Å². The molecule has 1 saturated carbocycles. The average molecular weight is 414 g/mol. The molecule has 2 aliphatic rings. The molecule has 1 aromatic rings. The van der Waals surface area contributed by atoms with Crippen LogP contribution in [0.3, 0.4) is 0 Å². The van der Waals surface area contributed by atoms with Crippen molar-refractivity contribution in [1.29, 1.82) is 0 Å². The first-order chi connectivity index (χ1) is 12.3. The molecule has 1 aromatic carbocycles. The lowest BCUT2D eigenvalue weighted by molar-refractivity contribution is 0.363. The van der Waals surface area contributed by atoms with Gasteiger partial charge in [-0.05, 0) is 49.3 Å². The lowest BCUT2D eigenvalue weighted by Gasteiger charge is -2.30. The van der Waals surface area contributed by atoms with Crippen molar-refractivity contribution < 1.29 is 18.6 Å². The predicted octanol–water partition coefficient (Wildman–Crippen LogP) is 3.82. The van der Waals surface area contributed by atoms with Crippen LogP contribution < -0.4 is 4.72 Å². The smallest absolute Gasteiger partial charge is 0.241 e. The molecule has 3 rings (SSSR count). The Morgan fingerprint density at radius 2 is 1.85 bits per heavy atom. The molecule has 0 atom stereocenters. The number of hydrogen-bond acceptors (Lipinski definition) is 5. The normalized spacial score (nSPS) is 24.1.